The fourth-order valence-electron chi connectivity index (χ4n) is 12.9. The lowest BCUT2D eigenvalue weighted by Crippen LogP contribution is -1.95. The Kier molecular flexibility index (Phi) is 6.81. The molecule has 0 amide bonds. The van der Waals surface area contributed by atoms with Crippen LogP contribution in [0.4, 0.5) is 0 Å². The van der Waals surface area contributed by atoms with Gasteiger partial charge in [-0.05, 0) is 186 Å². The number of fused-ring (bicyclic) bond motifs is 19. The van der Waals surface area contributed by atoms with Gasteiger partial charge in [-0.3, -0.25) is 0 Å². The van der Waals surface area contributed by atoms with Crippen LogP contribution in [-0.4, -0.2) is 0 Å². The van der Waals surface area contributed by atoms with Gasteiger partial charge < -0.3 is 0 Å². The number of thiophene rings is 2. The Morgan fingerprint density at radius 3 is 1.47 bits per heavy atom. The molecule has 2 aliphatic carbocycles. The van der Waals surface area contributed by atoms with Crippen LogP contribution in [0.1, 0.15) is 0 Å². The molecule has 15 aromatic rings. The van der Waals surface area contributed by atoms with E-state index in [2.05, 4.69) is 206 Å². The third kappa shape index (κ3) is 4.55. The summed E-state index contributed by atoms with van der Waals surface area (Å²) < 4.78 is 5.30. The molecule has 0 bridgehead atoms. The summed E-state index contributed by atoms with van der Waals surface area (Å²) in [6.45, 7) is 0. The molecule has 17 rings (SSSR count). The molecule has 2 heteroatoms. The maximum atomic E-state index is 2.51. The molecule has 0 unspecified atom stereocenters. The summed E-state index contributed by atoms with van der Waals surface area (Å²) in [5.41, 5.74) is 15.8. The van der Waals surface area contributed by atoms with Gasteiger partial charge in [-0.25, -0.2) is 0 Å². The molecule has 0 saturated carbocycles. The molecule has 0 aliphatic heterocycles. The van der Waals surface area contributed by atoms with Crippen LogP contribution < -0.4 is 0 Å². The molecule has 68 heavy (non-hydrogen) atoms. The van der Waals surface area contributed by atoms with E-state index >= 15 is 0 Å². The molecule has 2 heterocycles. The third-order valence-corrected chi connectivity index (χ3v) is 18.0. The van der Waals surface area contributed by atoms with E-state index < -0.39 is 0 Å². The van der Waals surface area contributed by atoms with Gasteiger partial charge in [0.05, 0.1) is 0 Å². The fraction of sp³-hybridized carbons (Fsp3) is 0. The molecule has 310 valence electrons. The van der Waals surface area contributed by atoms with Crippen LogP contribution in [0.3, 0.4) is 0 Å². The lowest BCUT2D eigenvalue weighted by molar-refractivity contribution is 1.68. The van der Waals surface area contributed by atoms with Crippen LogP contribution in [0.25, 0.3) is 172 Å². The zero-order chi connectivity index (χ0) is 43.9. The largest absolute Gasteiger partial charge is 0.135 e. The summed E-state index contributed by atoms with van der Waals surface area (Å²) in [6, 6.07) is 79.2. The quantitative estimate of drug-likeness (QED) is 0.152. The van der Waals surface area contributed by atoms with E-state index in [9.17, 15) is 0 Å². The Balaban J connectivity index is 1.08. The van der Waals surface area contributed by atoms with Crippen LogP contribution >= 0.6 is 22.7 Å². The fourth-order valence-corrected chi connectivity index (χ4v) is 15.0. The zero-order valence-corrected chi connectivity index (χ0v) is 38.1. The van der Waals surface area contributed by atoms with Gasteiger partial charge in [-0.15, -0.1) is 22.7 Å². The van der Waals surface area contributed by atoms with Gasteiger partial charge in [0, 0.05) is 40.3 Å². The van der Waals surface area contributed by atoms with Crippen molar-refractivity contribution in [3.8, 4) is 66.8 Å². The van der Waals surface area contributed by atoms with Gasteiger partial charge >= 0.3 is 0 Å². The van der Waals surface area contributed by atoms with Gasteiger partial charge in [0.15, 0.2) is 0 Å². The highest BCUT2D eigenvalue weighted by Gasteiger charge is 2.33. The number of hydrogen-bond donors (Lipinski definition) is 0. The van der Waals surface area contributed by atoms with E-state index in [0.29, 0.717) is 0 Å². The van der Waals surface area contributed by atoms with E-state index in [4.69, 9.17) is 0 Å². The first-order valence-electron chi connectivity index (χ1n) is 23.6. The smallest absolute Gasteiger partial charge is 0.0355 e. The lowest BCUT2D eigenvalue weighted by Gasteiger charge is -2.22. The van der Waals surface area contributed by atoms with Gasteiger partial charge in [0.2, 0.25) is 0 Å². The molecule has 13 aromatic carbocycles. The van der Waals surface area contributed by atoms with Gasteiger partial charge in [-0.1, -0.05) is 152 Å². The second kappa shape index (κ2) is 12.8. The Morgan fingerprint density at radius 1 is 0.206 bits per heavy atom. The molecular weight excluding hydrogens is 857 g/mol. The van der Waals surface area contributed by atoms with Crippen LogP contribution in [0.2, 0.25) is 0 Å². The minimum absolute atomic E-state index is 1.26. The first-order chi connectivity index (χ1) is 33.7. The van der Waals surface area contributed by atoms with Crippen molar-refractivity contribution in [2.45, 2.75) is 0 Å². The van der Waals surface area contributed by atoms with Gasteiger partial charge in [0.25, 0.3) is 0 Å². The number of hydrogen-bond acceptors (Lipinski definition) is 2. The molecule has 2 aliphatic rings. The van der Waals surface area contributed by atoms with Crippen molar-refractivity contribution >= 4 is 128 Å². The normalized spacial score (nSPS) is 12.7. The van der Waals surface area contributed by atoms with Gasteiger partial charge in [0.1, 0.15) is 0 Å². The third-order valence-electron chi connectivity index (χ3n) is 15.7. The standard InChI is InChI=1S/C66H34S2/c1-2-13-40-36(10-1)31-55-63-44(40)18-9-19-48(63)65-62(39-24-29-59-54(33-39)43-15-4-6-21-57(43)68-59)64-47-25-22-37-30-51-45-16-7-11-35-12-8-17-46(60(35)45)52(51)34-50(37)41(47)26-27-49(64)61(66(55)65)38-23-28-58-53(32-38)42-14-3-5-20-56(42)67-58/h1-34H. The summed E-state index contributed by atoms with van der Waals surface area (Å²) in [4.78, 5) is 0. The van der Waals surface area contributed by atoms with Crippen LogP contribution in [-0.2, 0) is 0 Å². The zero-order valence-electron chi connectivity index (χ0n) is 36.4. The monoisotopic (exact) mass is 890 g/mol. The maximum absolute atomic E-state index is 2.51. The van der Waals surface area contributed by atoms with E-state index in [-0.39, 0.29) is 0 Å². The van der Waals surface area contributed by atoms with E-state index in [1.807, 2.05) is 22.7 Å². The van der Waals surface area contributed by atoms with Crippen LogP contribution in [0.15, 0.2) is 206 Å². The summed E-state index contributed by atoms with van der Waals surface area (Å²) in [7, 11) is 0. The second-order valence-corrected chi connectivity index (χ2v) is 21.1. The van der Waals surface area contributed by atoms with E-state index in [1.54, 1.807) is 0 Å². The average Bonchev–Trinajstić information content (AvgIpc) is 4.14. The molecule has 0 saturated heterocycles. The predicted octanol–water partition coefficient (Wildman–Crippen LogP) is 20.0. The summed E-state index contributed by atoms with van der Waals surface area (Å²) in [5.74, 6) is 0. The molecule has 0 radical (unpaired) electrons. The minimum Gasteiger partial charge on any atom is -0.135 e. The van der Waals surface area contributed by atoms with Crippen LogP contribution in [0.5, 0.6) is 0 Å². The topological polar surface area (TPSA) is 0 Å². The lowest BCUT2D eigenvalue weighted by atomic mass is 9.80. The number of benzene rings is 13. The molecule has 0 N–H and O–H groups in total. The van der Waals surface area contributed by atoms with Crippen molar-refractivity contribution in [1.82, 2.24) is 0 Å². The van der Waals surface area contributed by atoms with Gasteiger partial charge in [-0.2, -0.15) is 0 Å². The Morgan fingerprint density at radius 2 is 0.721 bits per heavy atom. The highest BCUT2D eigenvalue weighted by atomic mass is 32.1. The van der Waals surface area contributed by atoms with E-state index in [1.165, 1.54) is 172 Å². The molecule has 2 aromatic heterocycles. The molecule has 0 fully saturated rings. The molecule has 0 spiro atoms. The molecule has 0 nitrogen and oxygen atoms in total. The van der Waals surface area contributed by atoms with Crippen molar-refractivity contribution in [1.29, 1.82) is 0 Å². The minimum atomic E-state index is 1.26. The highest BCUT2D eigenvalue weighted by molar-refractivity contribution is 7.26. The van der Waals surface area contributed by atoms with Crippen molar-refractivity contribution in [2.24, 2.45) is 0 Å². The maximum Gasteiger partial charge on any atom is 0.0355 e. The van der Waals surface area contributed by atoms with Crippen molar-refractivity contribution in [2.75, 3.05) is 0 Å². The summed E-state index contributed by atoms with van der Waals surface area (Å²) in [5, 5.41) is 20.9. The van der Waals surface area contributed by atoms with Crippen molar-refractivity contribution < 1.29 is 0 Å². The summed E-state index contributed by atoms with van der Waals surface area (Å²) in [6.07, 6.45) is 0. The van der Waals surface area contributed by atoms with Crippen molar-refractivity contribution in [3.63, 3.8) is 0 Å². The Hall–Kier alpha value is -8.14. The average molecular weight is 891 g/mol. The molecule has 0 atom stereocenters. The highest BCUT2D eigenvalue weighted by Crippen LogP contribution is 2.60. The van der Waals surface area contributed by atoms with Crippen LogP contribution in [0, 0.1) is 0 Å². The first-order valence-corrected chi connectivity index (χ1v) is 25.2. The summed E-state index contributed by atoms with van der Waals surface area (Å²) >= 11 is 3.78. The Labute approximate surface area is 398 Å². The number of rotatable bonds is 2. The SMILES string of the molecule is c1cc2c3c(cccc3c1)-c1cc3c(ccc4c3ccc3c(-c5ccc6sc7ccccc7c6c5)c5c(c(-c6ccc7sc8ccccc8c7c6)c34)-c3cccc4c3c-5cc3ccccc34)cc1-2. The van der Waals surface area contributed by atoms with Crippen molar-refractivity contribution in [3.05, 3.63) is 206 Å². The molecular formula is C66H34S2. The predicted molar refractivity (Wildman–Crippen MR) is 297 cm³/mol. The Bertz CT molecular complexity index is 4840. The van der Waals surface area contributed by atoms with E-state index in [0.717, 1.165) is 0 Å². The first kappa shape index (κ1) is 36.0. The second-order valence-electron chi connectivity index (χ2n) is 19.0.